The van der Waals surface area contributed by atoms with Gasteiger partial charge in [-0.25, -0.2) is 9.18 Å². The zero-order chi connectivity index (χ0) is 27.9. The highest BCUT2D eigenvalue weighted by Gasteiger charge is 2.34. The van der Waals surface area contributed by atoms with Crippen LogP contribution in [-0.2, 0) is 6.54 Å². The molecule has 1 aromatic heterocycles. The first kappa shape index (κ1) is 28.0. The first-order valence-corrected chi connectivity index (χ1v) is 12.9. The number of nitrogens with one attached hydrogen (secondary N) is 2. The predicted molar refractivity (Wildman–Crippen MR) is 147 cm³/mol. The fourth-order valence-electron chi connectivity index (χ4n) is 4.55. The van der Waals surface area contributed by atoms with Gasteiger partial charge in [-0.1, -0.05) is 13.0 Å². The van der Waals surface area contributed by atoms with Crippen LogP contribution in [0.2, 0.25) is 0 Å². The molecule has 10 heteroatoms. The molecule has 1 aliphatic rings. The number of aliphatic hydroxyl groups excluding tert-OH is 1. The van der Waals surface area contributed by atoms with Gasteiger partial charge in [0.25, 0.3) is 5.91 Å². The van der Waals surface area contributed by atoms with Crippen molar-refractivity contribution in [1.82, 2.24) is 14.8 Å². The smallest absolute Gasteiger partial charge is 0.323 e. The Balaban J connectivity index is 1.62. The molecule has 0 saturated heterocycles. The highest BCUT2D eigenvalue weighted by atomic mass is 19.1. The van der Waals surface area contributed by atoms with Gasteiger partial charge in [-0.2, -0.15) is 0 Å². The highest BCUT2D eigenvalue weighted by Crippen LogP contribution is 2.35. The van der Waals surface area contributed by atoms with E-state index in [0.29, 0.717) is 36.6 Å². The summed E-state index contributed by atoms with van der Waals surface area (Å²) in [6, 6.07) is 13.4. The molecule has 3 aromatic rings. The van der Waals surface area contributed by atoms with Gasteiger partial charge >= 0.3 is 6.03 Å². The maximum Gasteiger partial charge on any atom is 0.323 e. The summed E-state index contributed by atoms with van der Waals surface area (Å²) in [4.78, 5) is 34.3. The van der Waals surface area contributed by atoms with Crippen LogP contribution in [0.15, 0.2) is 67.0 Å². The summed E-state index contributed by atoms with van der Waals surface area (Å²) in [6.45, 7) is 5.26. The first-order valence-electron chi connectivity index (χ1n) is 12.9. The number of halogens is 1. The lowest BCUT2D eigenvalue weighted by atomic mass is 9.99. The molecule has 0 bridgehead atoms. The molecule has 3 amide bonds. The number of hydrogen-bond acceptors (Lipinski definition) is 6. The summed E-state index contributed by atoms with van der Waals surface area (Å²) >= 11 is 0. The van der Waals surface area contributed by atoms with Crippen molar-refractivity contribution < 1.29 is 23.8 Å². The van der Waals surface area contributed by atoms with E-state index < -0.39 is 17.9 Å². The predicted octanol–water partition coefficient (Wildman–Crippen LogP) is 4.22. The number of ether oxygens (including phenoxy) is 1. The lowest BCUT2D eigenvalue weighted by Gasteiger charge is -2.38. The molecule has 3 atom stereocenters. The average molecular weight is 536 g/mol. The number of rotatable bonds is 8. The molecule has 206 valence electrons. The zero-order valence-electron chi connectivity index (χ0n) is 22.3. The number of carbonyl (C=O) groups excluding carboxylic acids is 2. The topological polar surface area (TPSA) is 107 Å². The molecule has 2 aromatic carbocycles. The van der Waals surface area contributed by atoms with Crippen LogP contribution in [0.1, 0.15) is 29.8 Å². The molecule has 1 aliphatic heterocycles. The number of carbonyl (C=O) groups is 2. The van der Waals surface area contributed by atoms with Crippen molar-refractivity contribution in [2.45, 2.75) is 32.5 Å². The van der Waals surface area contributed by atoms with E-state index in [1.54, 1.807) is 42.4 Å². The molecule has 39 heavy (non-hydrogen) atoms. The van der Waals surface area contributed by atoms with Crippen molar-refractivity contribution in [2.75, 3.05) is 37.4 Å². The van der Waals surface area contributed by atoms with Crippen molar-refractivity contribution in [3.8, 4) is 5.75 Å². The van der Waals surface area contributed by atoms with E-state index in [-0.39, 0.29) is 30.3 Å². The number of pyridine rings is 1. The molecule has 0 saturated carbocycles. The maximum absolute atomic E-state index is 13.6. The summed E-state index contributed by atoms with van der Waals surface area (Å²) in [6.07, 6.45) is 3.17. The molecule has 0 radical (unpaired) electrons. The average Bonchev–Trinajstić information content (AvgIpc) is 2.92. The summed E-state index contributed by atoms with van der Waals surface area (Å²) in [5.41, 5.74) is 2.14. The third-order valence-corrected chi connectivity index (χ3v) is 6.73. The van der Waals surface area contributed by atoms with Gasteiger partial charge in [-0.15, -0.1) is 0 Å². The number of amides is 3. The summed E-state index contributed by atoms with van der Waals surface area (Å²) in [5.74, 6) is -0.518. The summed E-state index contributed by atoms with van der Waals surface area (Å²) < 4.78 is 19.8. The Morgan fingerprint density at radius 2 is 1.90 bits per heavy atom. The van der Waals surface area contributed by atoms with Crippen LogP contribution in [0, 0.1) is 11.7 Å². The van der Waals surface area contributed by atoms with Crippen molar-refractivity contribution in [2.24, 2.45) is 5.92 Å². The molecule has 0 spiro atoms. The Bertz CT molecular complexity index is 1270. The van der Waals surface area contributed by atoms with E-state index >= 15 is 0 Å². The third-order valence-electron chi connectivity index (χ3n) is 6.73. The number of benzene rings is 2. The second kappa shape index (κ2) is 12.7. The Labute approximate surface area is 227 Å². The lowest BCUT2D eigenvalue weighted by Crippen LogP contribution is -2.49. The van der Waals surface area contributed by atoms with Crippen molar-refractivity contribution in [3.63, 3.8) is 0 Å². The molecule has 0 aliphatic carbocycles. The molecule has 2 heterocycles. The van der Waals surface area contributed by atoms with E-state index in [9.17, 15) is 19.1 Å². The van der Waals surface area contributed by atoms with Gasteiger partial charge in [0.05, 0.1) is 23.9 Å². The van der Waals surface area contributed by atoms with Crippen LogP contribution in [-0.4, -0.2) is 70.7 Å². The molecule has 0 fully saturated rings. The monoisotopic (exact) mass is 535 g/mol. The number of nitrogens with zero attached hydrogens (tertiary/aromatic N) is 3. The van der Waals surface area contributed by atoms with Gasteiger partial charge in [-0.3, -0.25) is 14.7 Å². The molecule has 4 rings (SSSR count). The van der Waals surface area contributed by atoms with Gasteiger partial charge in [0, 0.05) is 43.6 Å². The second-order valence-electron chi connectivity index (χ2n) is 9.94. The molecular weight excluding hydrogens is 501 g/mol. The van der Waals surface area contributed by atoms with E-state index in [0.717, 1.165) is 5.56 Å². The van der Waals surface area contributed by atoms with E-state index in [1.807, 2.05) is 26.1 Å². The Kier molecular flexibility index (Phi) is 9.11. The summed E-state index contributed by atoms with van der Waals surface area (Å²) in [5, 5.41) is 15.3. The minimum Gasteiger partial charge on any atom is -0.486 e. The van der Waals surface area contributed by atoms with Gasteiger partial charge in [-0.05, 0) is 68.1 Å². The fraction of sp³-hybridized carbons (Fsp3) is 0.345. The summed E-state index contributed by atoms with van der Waals surface area (Å²) in [7, 11) is 2.00. The van der Waals surface area contributed by atoms with Gasteiger partial charge in [0.2, 0.25) is 0 Å². The standard InChI is InChI=1S/C29H34FN5O4/c1-19-15-35(20(2)18-36)28(37)24-5-4-6-25(33-29(38)32-23-9-7-22(30)8-10-23)27(24)39-26(19)17-34(3)16-21-11-13-31-14-12-21/h4-14,19-20,26,36H,15-18H2,1-3H3,(H2,32,33,38)/t19-,20+,26+/m0/s1. The fourth-order valence-corrected chi connectivity index (χ4v) is 4.55. The van der Waals surface area contributed by atoms with Crippen LogP contribution in [0.4, 0.5) is 20.6 Å². The number of likely N-dealkylation sites (N-methyl/N-ethyl adjacent to an activating group) is 1. The Hall–Kier alpha value is -4.02. The number of aromatic nitrogens is 1. The molecular formula is C29H34FN5O4. The quantitative estimate of drug-likeness (QED) is 0.399. The molecule has 0 unspecified atom stereocenters. The van der Waals surface area contributed by atoms with Crippen molar-refractivity contribution in [3.05, 3.63) is 83.9 Å². The SMILES string of the molecule is C[C@H](CO)N1C[C@H](C)[C@@H](CN(C)Cc2ccncc2)Oc2c(NC(=O)Nc3ccc(F)cc3)cccc2C1=O. The second-order valence-corrected chi connectivity index (χ2v) is 9.94. The normalized spacial score (nSPS) is 18.0. The Morgan fingerprint density at radius 1 is 1.18 bits per heavy atom. The largest absolute Gasteiger partial charge is 0.486 e. The van der Waals surface area contributed by atoms with E-state index in [4.69, 9.17) is 4.74 Å². The van der Waals surface area contributed by atoms with Crippen LogP contribution >= 0.6 is 0 Å². The van der Waals surface area contributed by atoms with Crippen LogP contribution < -0.4 is 15.4 Å². The van der Waals surface area contributed by atoms with Crippen LogP contribution in [0.5, 0.6) is 5.75 Å². The third kappa shape index (κ3) is 7.10. The van der Waals surface area contributed by atoms with Crippen LogP contribution in [0.25, 0.3) is 0 Å². The first-order chi connectivity index (χ1) is 18.7. The van der Waals surface area contributed by atoms with Gasteiger partial charge in [0.15, 0.2) is 5.75 Å². The van der Waals surface area contributed by atoms with Crippen LogP contribution in [0.3, 0.4) is 0 Å². The maximum atomic E-state index is 13.6. The molecule has 9 nitrogen and oxygen atoms in total. The minimum absolute atomic E-state index is 0.0860. The van der Waals surface area contributed by atoms with Crippen molar-refractivity contribution >= 4 is 23.3 Å². The van der Waals surface area contributed by atoms with Crippen molar-refractivity contribution in [1.29, 1.82) is 0 Å². The zero-order valence-corrected chi connectivity index (χ0v) is 22.3. The minimum atomic E-state index is -0.562. The van der Waals surface area contributed by atoms with Gasteiger partial charge in [0.1, 0.15) is 11.9 Å². The van der Waals surface area contributed by atoms with E-state index in [1.165, 1.54) is 24.3 Å². The van der Waals surface area contributed by atoms with Gasteiger partial charge < -0.3 is 25.4 Å². The number of hydrogen-bond donors (Lipinski definition) is 3. The van der Waals surface area contributed by atoms with E-state index in [2.05, 4.69) is 20.5 Å². The number of urea groups is 1. The number of para-hydroxylation sites is 1. The highest BCUT2D eigenvalue weighted by molar-refractivity contribution is 6.04. The lowest BCUT2D eigenvalue weighted by molar-refractivity contribution is 0.0343. The number of anilines is 2. The molecule has 3 N–H and O–H groups in total. The number of fused-ring (bicyclic) bond motifs is 1. The number of aliphatic hydroxyl groups is 1. The Morgan fingerprint density at radius 3 is 2.59 bits per heavy atom.